The van der Waals surface area contributed by atoms with Gasteiger partial charge in [-0.15, -0.1) is 0 Å². The number of Topliss-reactive ketones (excluding diaryl/α,β-unsaturated/α-hetero) is 1. The van der Waals surface area contributed by atoms with Gasteiger partial charge in [0.25, 0.3) is 0 Å². The van der Waals surface area contributed by atoms with Gasteiger partial charge >= 0.3 is 0 Å². The van der Waals surface area contributed by atoms with Crippen molar-refractivity contribution in [2.45, 2.75) is 42.3 Å². The van der Waals surface area contributed by atoms with Crippen LogP contribution in [0.5, 0.6) is 0 Å². The summed E-state index contributed by atoms with van der Waals surface area (Å²) in [7, 11) is 0. The molecule has 0 N–H and O–H groups in total. The Morgan fingerprint density at radius 1 is 0.958 bits per heavy atom. The first-order valence-corrected chi connectivity index (χ1v) is 9.82. The lowest BCUT2D eigenvalue weighted by molar-refractivity contribution is 0.0971. The van der Waals surface area contributed by atoms with Crippen LogP contribution in [0.4, 0.5) is 0 Å². The summed E-state index contributed by atoms with van der Waals surface area (Å²) >= 11 is 4.13. The zero-order valence-electron chi connectivity index (χ0n) is 13.8. The normalized spacial score (nSPS) is 29.5. The fourth-order valence-electron chi connectivity index (χ4n) is 4.76. The Morgan fingerprint density at radius 3 is 2.08 bits per heavy atom. The van der Waals surface area contributed by atoms with E-state index in [9.17, 15) is 4.79 Å². The lowest BCUT2D eigenvalue weighted by Crippen LogP contribution is -2.21. The van der Waals surface area contributed by atoms with Gasteiger partial charge in [-0.25, -0.2) is 0 Å². The Bertz CT molecular complexity index is 697. The van der Waals surface area contributed by atoms with Crippen LogP contribution >= 0.6 is 15.9 Å². The first-order chi connectivity index (χ1) is 11.7. The Kier molecular flexibility index (Phi) is 4.34. The van der Waals surface area contributed by atoms with Gasteiger partial charge in [0.05, 0.1) is 0 Å². The number of fused-ring (bicyclic) bond motifs is 1. The third-order valence-corrected chi connectivity index (χ3v) is 7.74. The fourth-order valence-corrected chi connectivity index (χ4v) is 6.15. The van der Waals surface area contributed by atoms with Crippen molar-refractivity contribution in [2.75, 3.05) is 0 Å². The third-order valence-electron chi connectivity index (χ3n) is 6.01. The Balaban J connectivity index is 1.64. The molecule has 2 saturated carbocycles. The van der Waals surface area contributed by atoms with Gasteiger partial charge in [-0.05, 0) is 30.2 Å². The van der Waals surface area contributed by atoms with E-state index in [0.717, 1.165) is 17.4 Å². The minimum absolute atomic E-state index is 0.120. The molecule has 0 amide bonds. The molecule has 1 nitrogen and oxygen atoms in total. The first kappa shape index (κ1) is 16.1. The van der Waals surface area contributed by atoms with E-state index in [1.165, 1.54) is 31.2 Å². The predicted octanol–water partition coefficient (Wildman–Crippen LogP) is 6.00. The number of hydrogen-bond donors (Lipinski definition) is 0. The summed E-state index contributed by atoms with van der Waals surface area (Å²) in [5, 5.41) is 0. The number of halogens is 1. The molecule has 0 spiro atoms. The van der Waals surface area contributed by atoms with Crippen molar-refractivity contribution in [3.63, 3.8) is 0 Å². The van der Waals surface area contributed by atoms with E-state index >= 15 is 0 Å². The second-order valence-electron chi connectivity index (χ2n) is 7.28. The maximum Gasteiger partial charge on any atom is 0.163 e. The average molecular weight is 383 g/mol. The lowest BCUT2D eigenvalue weighted by Gasteiger charge is -2.24. The maximum atomic E-state index is 12.9. The van der Waals surface area contributed by atoms with Gasteiger partial charge < -0.3 is 0 Å². The molecule has 3 unspecified atom stereocenters. The van der Waals surface area contributed by atoms with E-state index in [1.807, 2.05) is 30.3 Å². The van der Waals surface area contributed by atoms with E-state index in [2.05, 4.69) is 46.3 Å². The molecule has 24 heavy (non-hydrogen) atoms. The smallest absolute Gasteiger partial charge is 0.163 e. The number of alkyl halides is 1. The van der Waals surface area contributed by atoms with E-state index in [0.29, 0.717) is 6.42 Å². The van der Waals surface area contributed by atoms with Crippen molar-refractivity contribution in [1.82, 2.24) is 0 Å². The SMILES string of the molecule is O=C(CC(c1ccccc1)C1(Br)C2CCCCC21)c1ccccc1. The van der Waals surface area contributed by atoms with E-state index in [-0.39, 0.29) is 16.0 Å². The van der Waals surface area contributed by atoms with Gasteiger partial charge in [0.15, 0.2) is 5.78 Å². The highest BCUT2D eigenvalue weighted by Gasteiger charge is 2.66. The molecule has 0 heterocycles. The quantitative estimate of drug-likeness (QED) is 0.457. The summed E-state index contributed by atoms with van der Waals surface area (Å²) in [6.45, 7) is 0. The average Bonchev–Trinajstić information content (AvgIpc) is 3.27. The highest BCUT2D eigenvalue weighted by molar-refractivity contribution is 9.10. The molecule has 2 aliphatic carbocycles. The molecule has 0 saturated heterocycles. The molecule has 2 aliphatic rings. The van der Waals surface area contributed by atoms with Gasteiger partial charge in [0.1, 0.15) is 0 Å². The molecule has 124 valence electrons. The summed E-state index contributed by atoms with van der Waals surface area (Å²) in [5.41, 5.74) is 2.13. The standard InChI is InChI=1S/C22H23BrO/c23-22(18-13-7-8-14-19(18)22)20(16-9-3-1-4-10-16)15-21(24)17-11-5-2-6-12-17/h1-6,9-12,18-20H,7-8,13-15H2. The summed E-state index contributed by atoms with van der Waals surface area (Å²) in [5.74, 6) is 1.99. The number of carbonyl (C=O) groups is 1. The monoisotopic (exact) mass is 382 g/mol. The van der Waals surface area contributed by atoms with Gasteiger partial charge in [-0.2, -0.15) is 0 Å². The van der Waals surface area contributed by atoms with E-state index in [1.54, 1.807) is 0 Å². The molecule has 2 fully saturated rings. The van der Waals surface area contributed by atoms with Crippen molar-refractivity contribution in [2.24, 2.45) is 11.8 Å². The van der Waals surface area contributed by atoms with Crippen LogP contribution < -0.4 is 0 Å². The first-order valence-electron chi connectivity index (χ1n) is 9.03. The number of benzene rings is 2. The predicted molar refractivity (Wildman–Crippen MR) is 102 cm³/mol. The van der Waals surface area contributed by atoms with Crippen LogP contribution in [0.2, 0.25) is 0 Å². The molecule has 2 heteroatoms. The molecule has 4 rings (SSSR count). The number of carbonyl (C=O) groups excluding carboxylic acids is 1. The molecule has 0 bridgehead atoms. The van der Waals surface area contributed by atoms with Gasteiger partial charge in [0, 0.05) is 22.2 Å². The minimum atomic E-state index is 0.120. The number of rotatable bonds is 5. The van der Waals surface area contributed by atoms with Gasteiger partial charge in [-0.1, -0.05) is 89.4 Å². The van der Waals surface area contributed by atoms with Crippen molar-refractivity contribution >= 4 is 21.7 Å². The topological polar surface area (TPSA) is 17.1 Å². The molecule has 0 aromatic heterocycles. The highest BCUT2D eigenvalue weighted by atomic mass is 79.9. The van der Waals surface area contributed by atoms with Crippen LogP contribution in [0.25, 0.3) is 0 Å². The van der Waals surface area contributed by atoms with Gasteiger partial charge in [-0.3, -0.25) is 4.79 Å². The summed E-state index contributed by atoms with van der Waals surface area (Å²) in [4.78, 5) is 12.9. The van der Waals surface area contributed by atoms with Crippen molar-refractivity contribution in [1.29, 1.82) is 0 Å². The molecule has 2 aromatic rings. The van der Waals surface area contributed by atoms with Crippen LogP contribution in [-0.4, -0.2) is 10.1 Å². The summed E-state index contributed by atoms with van der Waals surface area (Å²) in [6, 6.07) is 20.4. The second-order valence-corrected chi connectivity index (χ2v) is 8.65. The van der Waals surface area contributed by atoms with Crippen LogP contribution in [0.15, 0.2) is 60.7 Å². The molecule has 0 radical (unpaired) electrons. The van der Waals surface area contributed by atoms with Crippen molar-refractivity contribution in [3.05, 3.63) is 71.8 Å². The van der Waals surface area contributed by atoms with Crippen LogP contribution in [0.1, 0.15) is 53.9 Å². The van der Waals surface area contributed by atoms with Crippen molar-refractivity contribution in [3.8, 4) is 0 Å². The zero-order chi connectivity index (χ0) is 16.6. The summed E-state index contributed by atoms with van der Waals surface area (Å²) in [6.07, 6.45) is 5.87. The summed E-state index contributed by atoms with van der Waals surface area (Å²) < 4.78 is 0.120. The number of ketones is 1. The van der Waals surface area contributed by atoms with Gasteiger partial charge in [0.2, 0.25) is 0 Å². The maximum absolute atomic E-state index is 12.9. The molecular weight excluding hydrogens is 360 g/mol. The largest absolute Gasteiger partial charge is 0.294 e. The van der Waals surface area contributed by atoms with Crippen molar-refractivity contribution < 1.29 is 4.79 Å². The van der Waals surface area contributed by atoms with E-state index < -0.39 is 0 Å². The van der Waals surface area contributed by atoms with E-state index in [4.69, 9.17) is 0 Å². The molecule has 3 atom stereocenters. The molecular formula is C22H23BrO. The minimum Gasteiger partial charge on any atom is -0.294 e. The fraction of sp³-hybridized carbons (Fsp3) is 0.409. The third kappa shape index (κ3) is 2.75. The Hall–Kier alpha value is -1.41. The molecule has 2 aromatic carbocycles. The van der Waals surface area contributed by atoms with Crippen LogP contribution in [0.3, 0.4) is 0 Å². The van der Waals surface area contributed by atoms with Crippen LogP contribution in [-0.2, 0) is 0 Å². The number of hydrogen-bond acceptors (Lipinski definition) is 1. The zero-order valence-corrected chi connectivity index (χ0v) is 15.4. The highest BCUT2D eigenvalue weighted by Crippen LogP contribution is 2.70. The lowest BCUT2D eigenvalue weighted by atomic mass is 9.86. The van der Waals surface area contributed by atoms with Crippen LogP contribution in [0, 0.1) is 11.8 Å². The Labute approximate surface area is 152 Å². The molecule has 0 aliphatic heterocycles. The Morgan fingerprint density at radius 2 is 1.50 bits per heavy atom. The second kappa shape index (κ2) is 6.48.